The molecule has 0 amide bonds. The second-order valence-electron chi connectivity index (χ2n) is 3.23. The fourth-order valence-electron chi connectivity index (χ4n) is 1.45. The van der Waals surface area contributed by atoms with Gasteiger partial charge in [0.25, 0.3) is 0 Å². The molecule has 2 aromatic rings. The van der Waals surface area contributed by atoms with Crippen LogP contribution in [-0.2, 0) is 0 Å². The van der Waals surface area contributed by atoms with E-state index in [-0.39, 0.29) is 6.04 Å². The molecule has 0 aliphatic heterocycles. The summed E-state index contributed by atoms with van der Waals surface area (Å²) in [7, 11) is 1.59. The summed E-state index contributed by atoms with van der Waals surface area (Å²) in [5, 5.41) is 0. The average molecular weight is 216 g/mol. The summed E-state index contributed by atoms with van der Waals surface area (Å²) >= 11 is 0. The van der Waals surface area contributed by atoms with Crippen LogP contribution < -0.4 is 10.5 Å². The highest BCUT2D eigenvalue weighted by Crippen LogP contribution is 2.25. The Morgan fingerprint density at radius 2 is 2.00 bits per heavy atom. The largest absolute Gasteiger partial charge is 0.495 e. The summed E-state index contributed by atoms with van der Waals surface area (Å²) in [6, 6.07) is 1.46. The molecule has 0 aliphatic rings. The van der Waals surface area contributed by atoms with Crippen LogP contribution in [-0.4, -0.2) is 22.1 Å². The van der Waals surface area contributed by atoms with Crippen molar-refractivity contribution in [3.63, 3.8) is 0 Å². The zero-order valence-corrected chi connectivity index (χ0v) is 8.87. The fourth-order valence-corrected chi connectivity index (χ4v) is 1.45. The van der Waals surface area contributed by atoms with E-state index in [1.165, 1.54) is 0 Å². The van der Waals surface area contributed by atoms with Crippen LogP contribution in [0.1, 0.15) is 17.3 Å². The summed E-state index contributed by atoms with van der Waals surface area (Å²) in [6.07, 6.45) is 8.17. The Morgan fingerprint density at radius 3 is 2.69 bits per heavy atom. The maximum atomic E-state index is 6.08. The van der Waals surface area contributed by atoms with E-state index in [2.05, 4.69) is 15.0 Å². The molecule has 0 bridgehead atoms. The van der Waals surface area contributed by atoms with E-state index >= 15 is 0 Å². The molecule has 0 radical (unpaired) electrons. The summed E-state index contributed by atoms with van der Waals surface area (Å²) in [6.45, 7) is 0. The molecule has 0 aromatic carbocycles. The van der Waals surface area contributed by atoms with Gasteiger partial charge >= 0.3 is 0 Å². The summed E-state index contributed by atoms with van der Waals surface area (Å²) in [4.78, 5) is 12.1. The lowest BCUT2D eigenvalue weighted by Crippen LogP contribution is -2.14. The van der Waals surface area contributed by atoms with Gasteiger partial charge in [-0.25, -0.2) is 0 Å². The minimum absolute atomic E-state index is 0.355. The first-order chi connectivity index (χ1) is 7.83. The number of ether oxygens (including phenoxy) is 1. The van der Waals surface area contributed by atoms with Crippen molar-refractivity contribution in [2.24, 2.45) is 5.73 Å². The third-order valence-corrected chi connectivity index (χ3v) is 2.27. The van der Waals surface area contributed by atoms with Gasteiger partial charge in [0.1, 0.15) is 5.75 Å². The van der Waals surface area contributed by atoms with Crippen LogP contribution >= 0.6 is 0 Å². The summed E-state index contributed by atoms with van der Waals surface area (Å²) in [5.74, 6) is 0.653. The lowest BCUT2D eigenvalue weighted by Gasteiger charge is -2.13. The molecule has 5 nitrogen and oxygen atoms in total. The van der Waals surface area contributed by atoms with E-state index in [4.69, 9.17) is 10.5 Å². The Morgan fingerprint density at radius 1 is 1.19 bits per heavy atom. The molecule has 1 atom stereocenters. The lowest BCUT2D eigenvalue weighted by atomic mass is 10.1. The monoisotopic (exact) mass is 216 g/mol. The van der Waals surface area contributed by atoms with Crippen molar-refractivity contribution in [1.82, 2.24) is 15.0 Å². The first-order valence-electron chi connectivity index (χ1n) is 4.82. The van der Waals surface area contributed by atoms with Crippen LogP contribution in [0, 0.1) is 0 Å². The van der Waals surface area contributed by atoms with Crippen LogP contribution in [0.4, 0.5) is 0 Å². The molecule has 2 heterocycles. The minimum atomic E-state index is -0.355. The molecule has 0 saturated carbocycles. The van der Waals surface area contributed by atoms with Gasteiger partial charge in [-0.2, -0.15) is 0 Å². The number of nitrogens with two attached hydrogens (primary N) is 1. The van der Waals surface area contributed by atoms with Crippen LogP contribution in [0.15, 0.2) is 37.1 Å². The van der Waals surface area contributed by atoms with Gasteiger partial charge in [0, 0.05) is 24.2 Å². The van der Waals surface area contributed by atoms with Crippen molar-refractivity contribution in [2.75, 3.05) is 7.11 Å². The summed E-state index contributed by atoms with van der Waals surface area (Å²) in [5.41, 5.74) is 7.63. The van der Waals surface area contributed by atoms with Gasteiger partial charge in [0.15, 0.2) is 0 Å². The van der Waals surface area contributed by atoms with Gasteiger partial charge in [-0.1, -0.05) is 0 Å². The van der Waals surface area contributed by atoms with Crippen molar-refractivity contribution in [1.29, 1.82) is 0 Å². The lowest BCUT2D eigenvalue weighted by molar-refractivity contribution is 0.405. The number of methoxy groups -OCH3 is 1. The Hall–Kier alpha value is -2.01. The second kappa shape index (κ2) is 4.67. The molecule has 1 unspecified atom stereocenters. The van der Waals surface area contributed by atoms with E-state index < -0.39 is 0 Å². The Kier molecular flexibility index (Phi) is 3.07. The minimum Gasteiger partial charge on any atom is -0.495 e. The van der Waals surface area contributed by atoms with Gasteiger partial charge in [-0.3, -0.25) is 15.0 Å². The molecule has 0 fully saturated rings. The molecule has 0 spiro atoms. The standard InChI is InChI=1S/C11H12N4O/c1-16-10-7-13-3-2-8(10)11(12)9-6-14-4-5-15-9/h2-7,11H,12H2,1H3. The Bertz CT molecular complexity index is 461. The zero-order chi connectivity index (χ0) is 11.4. The van der Waals surface area contributed by atoms with E-state index in [1.807, 2.05) is 6.07 Å². The highest BCUT2D eigenvalue weighted by atomic mass is 16.5. The van der Waals surface area contributed by atoms with Gasteiger partial charge in [0.2, 0.25) is 0 Å². The van der Waals surface area contributed by atoms with Crippen molar-refractivity contribution in [3.05, 3.63) is 48.3 Å². The summed E-state index contributed by atoms with van der Waals surface area (Å²) < 4.78 is 5.20. The quantitative estimate of drug-likeness (QED) is 0.826. The zero-order valence-electron chi connectivity index (χ0n) is 8.87. The smallest absolute Gasteiger partial charge is 0.142 e. The normalized spacial score (nSPS) is 12.1. The third kappa shape index (κ3) is 1.99. The van der Waals surface area contributed by atoms with Gasteiger partial charge in [-0.15, -0.1) is 0 Å². The van der Waals surface area contributed by atoms with Crippen LogP contribution in [0.3, 0.4) is 0 Å². The number of hydrogen-bond donors (Lipinski definition) is 1. The molecule has 0 saturated heterocycles. The first-order valence-corrected chi connectivity index (χ1v) is 4.82. The molecule has 2 N–H and O–H groups in total. The Balaban J connectivity index is 2.37. The van der Waals surface area contributed by atoms with E-state index in [0.717, 1.165) is 5.56 Å². The highest BCUT2D eigenvalue weighted by Gasteiger charge is 2.14. The maximum absolute atomic E-state index is 6.08. The second-order valence-corrected chi connectivity index (χ2v) is 3.23. The van der Waals surface area contributed by atoms with Crippen molar-refractivity contribution in [3.8, 4) is 5.75 Å². The number of nitrogens with zero attached hydrogens (tertiary/aromatic N) is 3. The molecular formula is C11H12N4O. The molecule has 2 aromatic heterocycles. The topological polar surface area (TPSA) is 73.9 Å². The molecule has 2 rings (SSSR count). The average Bonchev–Trinajstić information content (AvgIpc) is 2.39. The van der Waals surface area contributed by atoms with Crippen LogP contribution in [0.25, 0.3) is 0 Å². The Labute approximate surface area is 93.3 Å². The fraction of sp³-hybridized carbons (Fsp3) is 0.182. The first kappa shape index (κ1) is 10.5. The third-order valence-electron chi connectivity index (χ3n) is 2.27. The van der Waals surface area contributed by atoms with Crippen molar-refractivity contribution < 1.29 is 4.74 Å². The molecule has 82 valence electrons. The molecule has 0 aliphatic carbocycles. The molecular weight excluding hydrogens is 204 g/mol. The van der Waals surface area contributed by atoms with Gasteiger partial charge in [-0.05, 0) is 6.07 Å². The van der Waals surface area contributed by atoms with Crippen LogP contribution in [0.5, 0.6) is 5.75 Å². The van der Waals surface area contributed by atoms with Gasteiger partial charge < -0.3 is 10.5 Å². The van der Waals surface area contributed by atoms with Gasteiger partial charge in [0.05, 0.1) is 31.2 Å². The number of rotatable bonds is 3. The predicted octanol–water partition coefficient (Wildman–Crippen LogP) is 0.928. The molecule has 16 heavy (non-hydrogen) atoms. The number of hydrogen-bond acceptors (Lipinski definition) is 5. The predicted molar refractivity (Wildman–Crippen MR) is 58.9 cm³/mol. The maximum Gasteiger partial charge on any atom is 0.142 e. The molecule has 5 heteroatoms. The highest BCUT2D eigenvalue weighted by molar-refractivity contribution is 5.36. The van der Waals surface area contributed by atoms with E-state index in [9.17, 15) is 0 Å². The van der Waals surface area contributed by atoms with E-state index in [0.29, 0.717) is 11.4 Å². The number of pyridine rings is 1. The van der Waals surface area contributed by atoms with Crippen molar-refractivity contribution in [2.45, 2.75) is 6.04 Å². The van der Waals surface area contributed by atoms with E-state index in [1.54, 1.807) is 38.1 Å². The van der Waals surface area contributed by atoms with Crippen molar-refractivity contribution >= 4 is 0 Å². The SMILES string of the molecule is COc1cnccc1C(N)c1cnccn1. The number of aromatic nitrogens is 3. The van der Waals surface area contributed by atoms with Crippen LogP contribution in [0.2, 0.25) is 0 Å².